The monoisotopic (exact) mass is 679 g/mol. The summed E-state index contributed by atoms with van der Waals surface area (Å²) in [6.07, 6.45) is 4.48. The quantitative estimate of drug-likeness (QED) is 0.308. The molecule has 0 amide bonds. The van der Waals surface area contributed by atoms with E-state index in [2.05, 4.69) is 20.3 Å². The van der Waals surface area contributed by atoms with Gasteiger partial charge in [-0.15, -0.1) is 5.10 Å². The number of halogens is 2. The fourth-order valence-corrected chi connectivity index (χ4v) is 9.25. The van der Waals surface area contributed by atoms with Crippen molar-refractivity contribution in [3.05, 3.63) is 74.3 Å². The van der Waals surface area contributed by atoms with Crippen LogP contribution in [0.15, 0.2) is 57.1 Å². The van der Waals surface area contributed by atoms with Crippen molar-refractivity contribution in [3.8, 4) is 0 Å². The second kappa shape index (κ2) is 12.5. The van der Waals surface area contributed by atoms with E-state index in [1.54, 1.807) is 18.2 Å². The van der Waals surface area contributed by atoms with Gasteiger partial charge >= 0.3 is 0 Å². The van der Waals surface area contributed by atoms with E-state index in [1.807, 2.05) is 0 Å². The number of aromatic nitrogens is 5. The van der Waals surface area contributed by atoms with Crippen molar-refractivity contribution in [3.63, 3.8) is 0 Å². The van der Waals surface area contributed by atoms with Crippen LogP contribution in [0.1, 0.15) is 55.8 Å². The van der Waals surface area contributed by atoms with E-state index < -0.39 is 25.6 Å². The van der Waals surface area contributed by atoms with Crippen LogP contribution in [0.3, 0.4) is 0 Å². The van der Waals surface area contributed by atoms with Crippen LogP contribution in [0.2, 0.25) is 10.0 Å². The van der Waals surface area contributed by atoms with E-state index in [0.717, 1.165) is 25.7 Å². The Morgan fingerprint density at radius 1 is 0.795 bits per heavy atom. The first-order chi connectivity index (χ1) is 21.1. The number of nitrogens with one attached hydrogen (secondary N) is 1. The molecule has 0 radical (unpaired) electrons. The first-order valence-electron chi connectivity index (χ1n) is 14.4. The summed E-state index contributed by atoms with van der Waals surface area (Å²) in [6.45, 7) is 1.52. The van der Waals surface area contributed by atoms with Crippen LogP contribution in [0, 0.1) is 0 Å². The highest BCUT2D eigenvalue weighted by atomic mass is 35.5. The van der Waals surface area contributed by atoms with E-state index in [1.165, 1.54) is 37.6 Å². The minimum Gasteiger partial charge on any atom is -0.308 e. The van der Waals surface area contributed by atoms with Gasteiger partial charge in [0.2, 0.25) is 20.0 Å². The number of hydrogen-bond donors (Lipinski definition) is 1. The molecular formula is C28H31Cl2N7O5S2. The Kier molecular flexibility index (Phi) is 8.83. The minimum atomic E-state index is -3.86. The molecule has 0 atom stereocenters. The van der Waals surface area contributed by atoms with Gasteiger partial charge in [-0.25, -0.2) is 26.5 Å². The van der Waals surface area contributed by atoms with E-state index in [9.17, 15) is 21.6 Å². The van der Waals surface area contributed by atoms with Gasteiger partial charge in [-0.3, -0.25) is 4.79 Å². The summed E-state index contributed by atoms with van der Waals surface area (Å²) in [5.41, 5.74) is 0.549. The van der Waals surface area contributed by atoms with Gasteiger partial charge in [-0.05, 0) is 62.1 Å². The Bertz CT molecular complexity index is 1930. The zero-order chi connectivity index (χ0) is 31.1. The molecule has 2 aromatic heterocycles. The average molecular weight is 681 g/mol. The number of rotatable bonds is 7. The Morgan fingerprint density at radius 2 is 1.34 bits per heavy atom. The number of hydrogen-bond acceptors (Lipinski definition) is 8. The van der Waals surface area contributed by atoms with Gasteiger partial charge in [0.25, 0.3) is 5.56 Å². The summed E-state index contributed by atoms with van der Waals surface area (Å²) in [7, 11) is -7.55. The van der Waals surface area contributed by atoms with Crippen LogP contribution in [0.25, 0.3) is 11.2 Å². The van der Waals surface area contributed by atoms with Gasteiger partial charge in [0.1, 0.15) is 5.82 Å². The molecule has 4 heterocycles. The summed E-state index contributed by atoms with van der Waals surface area (Å²) in [5, 5.41) is 8.98. The fourth-order valence-electron chi connectivity index (χ4n) is 5.75. The molecule has 0 saturated carbocycles. The second-order valence-corrected chi connectivity index (χ2v) is 15.7. The van der Waals surface area contributed by atoms with Crippen molar-refractivity contribution in [2.24, 2.45) is 0 Å². The number of nitrogens with zero attached hydrogens (tertiary/aromatic N) is 6. The van der Waals surface area contributed by atoms with Crippen molar-refractivity contribution in [1.29, 1.82) is 0 Å². The number of piperidine rings is 1. The summed E-state index contributed by atoms with van der Waals surface area (Å²) in [5.74, 6) is 0.225. The Morgan fingerprint density at radius 3 is 1.91 bits per heavy atom. The predicted octanol–water partition coefficient (Wildman–Crippen LogP) is 4.00. The van der Waals surface area contributed by atoms with Crippen LogP contribution < -0.4 is 5.56 Å². The van der Waals surface area contributed by atoms with Gasteiger partial charge in [0, 0.05) is 47.7 Å². The van der Waals surface area contributed by atoms with Crippen molar-refractivity contribution >= 4 is 54.4 Å². The topological polar surface area (TPSA) is 151 Å². The summed E-state index contributed by atoms with van der Waals surface area (Å²) >= 11 is 12.7. The maximum absolute atomic E-state index is 13.5. The summed E-state index contributed by atoms with van der Waals surface area (Å²) < 4.78 is 57.5. The zero-order valence-corrected chi connectivity index (χ0v) is 26.8. The molecule has 4 aromatic rings. The standard InChI is InChI=1S/C28H31Cl2N7O5S2/c29-23-6-5-7-24(30)22(23)18-37-27-25(33-34-37)28(38)32-26(31-27)19-12-16-36(17-13-19)44(41,42)21-10-8-20(9-11-21)43(39,40)35-14-3-1-2-4-15-35/h5-11,19H,1-4,12-18H2,(H,31,32,38). The normalized spacial score (nSPS) is 18.0. The lowest BCUT2D eigenvalue weighted by molar-refractivity contribution is 0.313. The van der Waals surface area contributed by atoms with E-state index in [4.69, 9.17) is 23.2 Å². The van der Waals surface area contributed by atoms with Crippen LogP contribution in [-0.2, 0) is 26.6 Å². The largest absolute Gasteiger partial charge is 0.308 e. The molecule has 1 N–H and O–H groups in total. The van der Waals surface area contributed by atoms with Gasteiger partial charge in [0.15, 0.2) is 11.2 Å². The molecule has 2 aliphatic heterocycles. The lowest BCUT2D eigenvalue weighted by atomic mass is 9.97. The molecular weight excluding hydrogens is 649 g/mol. The molecule has 2 aromatic carbocycles. The van der Waals surface area contributed by atoms with Crippen LogP contribution in [-0.4, -0.2) is 76.6 Å². The Labute approximate surface area is 265 Å². The van der Waals surface area contributed by atoms with Gasteiger partial charge < -0.3 is 4.98 Å². The minimum absolute atomic E-state index is 0.0342. The molecule has 2 saturated heterocycles. The lowest BCUT2D eigenvalue weighted by Crippen LogP contribution is -2.38. The molecule has 44 heavy (non-hydrogen) atoms. The van der Waals surface area contributed by atoms with Crippen molar-refractivity contribution in [2.45, 2.75) is 60.8 Å². The maximum atomic E-state index is 13.5. The molecule has 234 valence electrons. The Hall–Kier alpha value is -2.88. The summed E-state index contributed by atoms with van der Waals surface area (Å²) in [4.78, 5) is 20.4. The Balaban J connectivity index is 1.17. The third-order valence-corrected chi connectivity index (χ3v) is 12.8. The van der Waals surface area contributed by atoms with Crippen molar-refractivity contribution in [2.75, 3.05) is 26.2 Å². The van der Waals surface area contributed by atoms with E-state index >= 15 is 0 Å². The van der Waals surface area contributed by atoms with Crippen LogP contribution in [0.5, 0.6) is 0 Å². The molecule has 16 heteroatoms. The highest BCUT2D eigenvalue weighted by Crippen LogP contribution is 2.31. The highest BCUT2D eigenvalue weighted by Gasteiger charge is 2.32. The smallest absolute Gasteiger partial charge is 0.281 e. The third-order valence-electron chi connectivity index (χ3n) is 8.27. The summed E-state index contributed by atoms with van der Waals surface area (Å²) in [6, 6.07) is 10.6. The molecule has 0 unspecified atom stereocenters. The lowest BCUT2D eigenvalue weighted by Gasteiger charge is -2.30. The van der Waals surface area contributed by atoms with Crippen molar-refractivity contribution < 1.29 is 16.8 Å². The van der Waals surface area contributed by atoms with Crippen LogP contribution in [0.4, 0.5) is 0 Å². The van der Waals surface area contributed by atoms with Gasteiger partial charge in [-0.2, -0.15) is 8.61 Å². The number of fused-ring (bicyclic) bond motifs is 1. The molecule has 6 rings (SSSR count). The predicted molar refractivity (Wildman–Crippen MR) is 166 cm³/mol. The van der Waals surface area contributed by atoms with Gasteiger partial charge in [-0.1, -0.05) is 47.3 Å². The van der Waals surface area contributed by atoms with Crippen LogP contribution >= 0.6 is 23.2 Å². The second-order valence-electron chi connectivity index (χ2n) is 11.0. The highest BCUT2D eigenvalue weighted by molar-refractivity contribution is 7.89. The number of sulfonamides is 2. The average Bonchev–Trinajstić information content (AvgIpc) is 3.22. The number of aromatic amines is 1. The third kappa shape index (κ3) is 6.03. The SMILES string of the molecule is O=c1[nH]c(C2CCN(S(=O)(=O)c3ccc(S(=O)(=O)N4CCCCCC4)cc3)CC2)nc2c1nnn2Cc1c(Cl)cccc1Cl. The van der Waals surface area contributed by atoms with E-state index in [-0.39, 0.29) is 46.5 Å². The molecule has 12 nitrogen and oxygen atoms in total. The molecule has 2 aliphatic rings. The van der Waals surface area contributed by atoms with Crippen molar-refractivity contribution in [1.82, 2.24) is 33.6 Å². The number of H-pyrrole nitrogens is 1. The maximum Gasteiger partial charge on any atom is 0.281 e. The van der Waals surface area contributed by atoms with Gasteiger partial charge in [0.05, 0.1) is 16.3 Å². The first kappa shape index (κ1) is 31.1. The molecule has 0 bridgehead atoms. The zero-order valence-electron chi connectivity index (χ0n) is 23.7. The first-order valence-corrected chi connectivity index (χ1v) is 18.1. The fraction of sp³-hybridized carbons (Fsp3) is 0.429. The molecule has 0 aliphatic carbocycles. The molecule has 2 fully saturated rings. The number of benzene rings is 2. The van der Waals surface area contributed by atoms with E-state index in [0.29, 0.717) is 47.4 Å². The molecule has 0 spiro atoms.